The zero-order valence-electron chi connectivity index (χ0n) is 5.76. The first-order valence-electron chi connectivity index (χ1n) is 3.68. The lowest BCUT2D eigenvalue weighted by Gasteiger charge is -2.17. The molecule has 0 aromatic carbocycles. The molecule has 0 spiro atoms. The largest absolute Gasteiger partial charge is 0.390 e. The van der Waals surface area contributed by atoms with Crippen LogP contribution in [0.3, 0.4) is 0 Å². The Morgan fingerprint density at radius 1 is 1.20 bits per heavy atom. The fraction of sp³-hybridized carbons (Fsp3) is 1.00. The first-order valence-corrected chi connectivity index (χ1v) is 4.55. The van der Waals surface area contributed by atoms with Gasteiger partial charge in [-0.2, -0.15) is 0 Å². The van der Waals surface area contributed by atoms with E-state index in [1.807, 2.05) is 0 Å². The summed E-state index contributed by atoms with van der Waals surface area (Å²) in [4.78, 5) is -0.608. The Hall–Kier alpha value is 0.540. The molecule has 0 aromatic rings. The Bertz CT molecular complexity index is 99.8. The van der Waals surface area contributed by atoms with E-state index in [0.29, 0.717) is 5.92 Å². The molecular formula is C7H12Cl2O. The van der Waals surface area contributed by atoms with Gasteiger partial charge in [-0.05, 0) is 18.8 Å². The maximum Gasteiger partial charge on any atom is 0.133 e. The van der Waals surface area contributed by atoms with Gasteiger partial charge in [-0.3, -0.25) is 0 Å². The van der Waals surface area contributed by atoms with Crippen molar-refractivity contribution in [3.63, 3.8) is 0 Å². The minimum Gasteiger partial charge on any atom is -0.390 e. The standard InChI is InChI=1S/C7H12Cl2O/c8-7(9)6(10)5-3-1-2-4-5/h5-7,10H,1-4H2. The van der Waals surface area contributed by atoms with Crippen molar-refractivity contribution in [2.75, 3.05) is 0 Å². The smallest absolute Gasteiger partial charge is 0.133 e. The van der Waals surface area contributed by atoms with Gasteiger partial charge in [0.25, 0.3) is 0 Å². The van der Waals surface area contributed by atoms with Crippen molar-refractivity contribution in [2.45, 2.75) is 36.6 Å². The van der Waals surface area contributed by atoms with Crippen LogP contribution in [-0.2, 0) is 0 Å². The van der Waals surface area contributed by atoms with E-state index in [9.17, 15) is 5.11 Å². The van der Waals surface area contributed by atoms with Gasteiger partial charge < -0.3 is 5.11 Å². The van der Waals surface area contributed by atoms with Crippen LogP contribution < -0.4 is 0 Å². The van der Waals surface area contributed by atoms with Crippen LogP contribution in [0, 0.1) is 5.92 Å². The molecule has 1 fully saturated rings. The maximum absolute atomic E-state index is 9.36. The molecule has 0 aromatic heterocycles. The lowest BCUT2D eigenvalue weighted by molar-refractivity contribution is 0.123. The molecule has 0 radical (unpaired) electrons. The third-order valence-electron chi connectivity index (χ3n) is 2.14. The number of alkyl halides is 2. The first-order chi connectivity index (χ1) is 4.72. The van der Waals surface area contributed by atoms with Gasteiger partial charge in [0.05, 0.1) is 6.10 Å². The van der Waals surface area contributed by atoms with E-state index >= 15 is 0 Å². The van der Waals surface area contributed by atoms with E-state index in [2.05, 4.69) is 0 Å². The molecule has 0 bridgehead atoms. The monoisotopic (exact) mass is 182 g/mol. The molecule has 1 aliphatic rings. The molecule has 1 N–H and O–H groups in total. The predicted octanol–water partition coefficient (Wildman–Crippen LogP) is 2.34. The number of hydrogen-bond acceptors (Lipinski definition) is 1. The van der Waals surface area contributed by atoms with Gasteiger partial charge in [0.2, 0.25) is 0 Å². The molecule has 60 valence electrons. The van der Waals surface area contributed by atoms with Gasteiger partial charge >= 0.3 is 0 Å². The zero-order chi connectivity index (χ0) is 7.56. The summed E-state index contributed by atoms with van der Waals surface area (Å²) in [6.07, 6.45) is 4.07. The van der Waals surface area contributed by atoms with Crippen molar-refractivity contribution in [1.82, 2.24) is 0 Å². The van der Waals surface area contributed by atoms with Gasteiger partial charge in [0, 0.05) is 0 Å². The lowest BCUT2D eigenvalue weighted by atomic mass is 10.0. The second-order valence-electron chi connectivity index (χ2n) is 2.87. The number of hydrogen-bond donors (Lipinski definition) is 1. The van der Waals surface area contributed by atoms with Gasteiger partial charge in [-0.15, -0.1) is 23.2 Å². The lowest BCUT2D eigenvalue weighted by Crippen LogP contribution is -2.24. The summed E-state index contributed by atoms with van der Waals surface area (Å²) in [6, 6.07) is 0. The highest BCUT2D eigenvalue weighted by molar-refractivity contribution is 6.44. The Morgan fingerprint density at radius 2 is 1.70 bits per heavy atom. The molecule has 0 saturated heterocycles. The highest BCUT2D eigenvalue weighted by atomic mass is 35.5. The van der Waals surface area contributed by atoms with Crippen LogP contribution in [-0.4, -0.2) is 16.0 Å². The quantitative estimate of drug-likeness (QED) is 0.651. The van der Waals surface area contributed by atoms with Crippen LogP contribution in [0.5, 0.6) is 0 Å². The van der Waals surface area contributed by atoms with Crippen LogP contribution in [0.2, 0.25) is 0 Å². The van der Waals surface area contributed by atoms with Crippen molar-refractivity contribution < 1.29 is 5.11 Å². The second kappa shape index (κ2) is 3.80. The Labute approximate surface area is 71.3 Å². The summed E-state index contributed by atoms with van der Waals surface area (Å²) < 4.78 is 0. The van der Waals surface area contributed by atoms with E-state index in [1.54, 1.807) is 0 Å². The van der Waals surface area contributed by atoms with Crippen LogP contribution in [0.1, 0.15) is 25.7 Å². The SMILES string of the molecule is OC(C(Cl)Cl)C1CCCC1. The predicted molar refractivity (Wildman–Crippen MR) is 43.5 cm³/mol. The van der Waals surface area contributed by atoms with Gasteiger partial charge in [-0.1, -0.05) is 12.8 Å². The highest BCUT2D eigenvalue weighted by Gasteiger charge is 2.27. The topological polar surface area (TPSA) is 20.2 Å². The summed E-state index contributed by atoms with van der Waals surface area (Å²) in [7, 11) is 0. The number of rotatable bonds is 2. The number of halogens is 2. The third-order valence-corrected chi connectivity index (χ3v) is 2.66. The van der Waals surface area contributed by atoms with Crippen molar-refractivity contribution >= 4 is 23.2 Å². The maximum atomic E-state index is 9.36. The normalized spacial score (nSPS) is 24.0. The number of aliphatic hydroxyl groups is 1. The molecule has 1 saturated carbocycles. The molecule has 3 heteroatoms. The van der Waals surface area contributed by atoms with Gasteiger partial charge in [-0.25, -0.2) is 0 Å². The van der Waals surface area contributed by atoms with Crippen molar-refractivity contribution in [3.05, 3.63) is 0 Å². The van der Waals surface area contributed by atoms with Crippen molar-refractivity contribution in [1.29, 1.82) is 0 Å². The minimum atomic E-state index is -0.608. The zero-order valence-corrected chi connectivity index (χ0v) is 7.28. The average molecular weight is 183 g/mol. The fourth-order valence-corrected chi connectivity index (χ4v) is 1.92. The van der Waals surface area contributed by atoms with Gasteiger partial charge in [0.15, 0.2) is 0 Å². The molecule has 0 amide bonds. The summed E-state index contributed by atoms with van der Waals surface area (Å²) in [6.45, 7) is 0. The molecule has 1 rings (SSSR count). The molecule has 1 nitrogen and oxygen atoms in total. The van der Waals surface area contributed by atoms with Crippen LogP contribution in [0.15, 0.2) is 0 Å². The van der Waals surface area contributed by atoms with E-state index in [4.69, 9.17) is 23.2 Å². The minimum absolute atomic E-state index is 0.347. The molecule has 0 heterocycles. The number of aliphatic hydroxyl groups excluding tert-OH is 1. The summed E-state index contributed by atoms with van der Waals surface area (Å²) in [5.74, 6) is 0.347. The van der Waals surface area contributed by atoms with Crippen LogP contribution in [0.4, 0.5) is 0 Å². The Morgan fingerprint density at radius 3 is 2.10 bits per heavy atom. The summed E-state index contributed by atoms with van der Waals surface area (Å²) >= 11 is 11.0. The molecule has 10 heavy (non-hydrogen) atoms. The molecule has 1 unspecified atom stereocenters. The highest BCUT2D eigenvalue weighted by Crippen LogP contribution is 2.31. The summed E-state index contributed by atoms with van der Waals surface area (Å²) in [5, 5.41) is 9.36. The van der Waals surface area contributed by atoms with Crippen LogP contribution in [0.25, 0.3) is 0 Å². The van der Waals surface area contributed by atoms with Crippen LogP contribution >= 0.6 is 23.2 Å². The van der Waals surface area contributed by atoms with E-state index < -0.39 is 10.9 Å². The fourth-order valence-electron chi connectivity index (χ4n) is 1.50. The van der Waals surface area contributed by atoms with E-state index in [-0.39, 0.29) is 0 Å². The van der Waals surface area contributed by atoms with Gasteiger partial charge in [0.1, 0.15) is 4.84 Å². The van der Waals surface area contributed by atoms with Crippen molar-refractivity contribution in [3.8, 4) is 0 Å². The molecule has 0 aliphatic heterocycles. The van der Waals surface area contributed by atoms with Crippen molar-refractivity contribution in [2.24, 2.45) is 5.92 Å². The third kappa shape index (κ3) is 2.01. The van der Waals surface area contributed by atoms with E-state index in [1.165, 1.54) is 12.8 Å². The summed E-state index contributed by atoms with van der Waals surface area (Å²) in [5.41, 5.74) is 0. The molecule has 1 aliphatic carbocycles. The molecule has 1 atom stereocenters. The molecular weight excluding hydrogens is 171 g/mol. The Balaban J connectivity index is 2.32. The second-order valence-corrected chi connectivity index (χ2v) is 4.03. The van der Waals surface area contributed by atoms with E-state index in [0.717, 1.165) is 12.8 Å². The Kier molecular flexibility index (Phi) is 3.28. The first kappa shape index (κ1) is 8.63. The average Bonchev–Trinajstić information content (AvgIpc) is 2.36.